The van der Waals surface area contributed by atoms with Gasteiger partial charge < -0.3 is 27.9 Å². The lowest BCUT2D eigenvalue weighted by Crippen LogP contribution is -2.37. The number of hydrogen-bond acceptors (Lipinski definition) is 8. The largest absolute Gasteiger partial charge is 0.756 e. The predicted octanol–water partition coefficient (Wildman–Crippen LogP) is 11.8. The molecule has 0 amide bonds. The maximum atomic E-state index is 12.6. The average Bonchev–Trinajstić information content (AvgIpc) is 3.15. The number of carbonyl (C=O) groups is 2. The van der Waals surface area contributed by atoms with E-state index in [0.717, 1.165) is 32.1 Å². The number of nitrogens with zero attached hydrogens (tertiary/aromatic N) is 1. The van der Waals surface area contributed by atoms with Crippen molar-refractivity contribution in [2.24, 2.45) is 0 Å². The maximum Gasteiger partial charge on any atom is 0.330 e. The molecule has 0 saturated heterocycles. The van der Waals surface area contributed by atoms with Crippen LogP contribution in [0.25, 0.3) is 0 Å². The van der Waals surface area contributed by atoms with Gasteiger partial charge in [-0.15, -0.1) is 0 Å². The molecule has 0 bridgehead atoms. The fourth-order valence-electron chi connectivity index (χ4n) is 5.64. The third kappa shape index (κ3) is 41.3. The van der Waals surface area contributed by atoms with Crippen LogP contribution in [0.5, 0.6) is 0 Å². The molecule has 0 spiro atoms. The maximum absolute atomic E-state index is 12.6. The number of likely N-dealkylation sites (N-methyl/N-ethyl adjacent to an activating group) is 1. The SMILES string of the molecule is CCCCCCCC/C=C/C/C=C/C/C=C/CCCC(=O)O[C@H](COC(=O)/C=C/C=C/CCCCCCCCCCCCC)COP(=O)([O-])OCC[N+](C)(C)C. The highest BCUT2D eigenvalue weighted by Crippen LogP contribution is 2.38. The van der Waals surface area contributed by atoms with Crippen LogP contribution in [-0.2, 0) is 32.7 Å². The van der Waals surface area contributed by atoms with Crippen molar-refractivity contribution >= 4 is 19.8 Å². The number of esters is 2. The van der Waals surface area contributed by atoms with E-state index in [9.17, 15) is 19.0 Å². The summed E-state index contributed by atoms with van der Waals surface area (Å²) >= 11 is 0. The molecule has 0 fully saturated rings. The Kier molecular flexibility index (Phi) is 36.7. The Morgan fingerprint density at radius 1 is 0.607 bits per heavy atom. The van der Waals surface area contributed by atoms with Crippen LogP contribution in [0.2, 0.25) is 0 Å². The molecular formula is C46H82NO8P. The third-order valence-electron chi connectivity index (χ3n) is 9.11. The van der Waals surface area contributed by atoms with E-state index < -0.39 is 32.5 Å². The minimum absolute atomic E-state index is 0.0546. The van der Waals surface area contributed by atoms with Gasteiger partial charge in [-0.1, -0.05) is 165 Å². The summed E-state index contributed by atoms with van der Waals surface area (Å²) in [5.74, 6) is -1.15. The number of hydrogen-bond donors (Lipinski definition) is 0. The lowest BCUT2D eigenvalue weighted by atomic mass is 10.1. The minimum Gasteiger partial charge on any atom is -0.756 e. The van der Waals surface area contributed by atoms with E-state index in [1.54, 1.807) is 6.08 Å². The molecule has 0 N–H and O–H groups in total. The van der Waals surface area contributed by atoms with Gasteiger partial charge in [0, 0.05) is 12.5 Å². The van der Waals surface area contributed by atoms with Gasteiger partial charge in [-0.2, -0.15) is 0 Å². The van der Waals surface area contributed by atoms with Crippen molar-refractivity contribution in [1.82, 2.24) is 0 Å². The fraction of sp³-hybridized carbons (Fsp3) is 0.739. The van der Waals surface area contributed by atoms with E-state index in [1.165, 1.54) is 109 Å². The van der Waals surface area contributed by atoms with Crippen LogP contribution in [0.1, 0.15) is 168 Å². The molecule has 0 rings (SSSR count). The summed E-state index contributed by atoms with van der Waals surface area (Å²) in [6.07, 6.45) is 46.1. The summed E-state index contributed by atoms with van der Waals surface area (Å²) in [5.41, 5.74) is 0. The second-order valence-corrected chi connectivity index (χ2v) is 17.2. The molecule has 1 unspecified atom stereocenters. The Morgan fingerprint density at radius 2 is 1.09 bits per heavy atom. The first-order valence-corrected chi connectivity index (χ1v) is 23.5. The van der Waals surface area contributed by atoms with Gasteiger partial charge in [-0.05, 0) is 51.4 Å². The lowest BCUT2D eigenvalue weighted by molar-refractivity contribution is -0.870. The Hall–Kier alpha value is -2.29. The van der Waals surface area contributed by atoms with E-state index in [0.29, 0.717) is 23.9 Å². The topological polar surface area (TPSA) is 111 Å². The van der Waals surface area contributed by atoms with Crippen molar-refractivity contribution in [3.63, 3.8) is 0 Å². The highest BCUT2D eigenvalue weighted by molar-refractivity contribution is 7.45. The average molecular weight is 808 g/mol. The molecule has 0 aliphatic heterocycles. The van der Waals surface area contributed by atoms with Crippen molar-refractivity contribution in [1.29, 1.82) is 0 Å². The molecule has 0 aliphatic carbocycles. The van der Waals surface area contributed by atoms with Gasteiger partial charge in [0.15, 0.2) is 6.10 Å². The van der Waals surface area contributed by atoms with E-state index in [4.69, 9.17) is 18.5 Å². The van der Waals surface area contributed by atoms with Crippen LogP contribution in [0.4, 0.5) is 0 Å². The molecule has 0 aromatic rings. The van der Waals surface area contributed by atoms with Crippen LogP contribution in [-0.4, -0.2) is 70.0 Å². The molecule has 324 valence electrons. The number of quaternary nitrogens is 1. The molecule has 0 aromatic heterocycles. The van der Waals surface area contributed by atoms with Gasteiger partial charge >= 0.3 is 11.9 Å². The van der Waals surface area contributed by atoms with Gasteiger partial charge in [-0.3, -0.25) is 9.36 Å². The summed E-state index contributed by atoms with van der Waals surface area (Å²) in [7, 11) is 1.09. The third-order valence-corrected chi connectivity index (χ3v) is 10.1. The highest BCUT2D eigenvalue weighted by atomic mass is 31.2. The lowest BCUT2D eigenvalue weighted by Gasteiger charge is -2.28. The van der Waals surface area contributed by atoms with E-state index in [-0.39, 0.29) is 19.6 Å². The molecule has 0 aliphatic rings. The smallest absolute Gasteiger partial charge is 0.330 e. The molecule has 2 atom stereocenters. The summed E-state index contributed by atoms with van der Waals surface area (Å²) in [6, 6.07) is 0. The van der Waals surface area contributed by atoms with Gasteiger partial charge in [0.1, 0.15) is 19.8 Å². The van der Waals surface area contributed by atoms with Crippen molar-refractivity contribution < 1.29 is 42.1 Å². The zero-order valence-corrected chi connectivity index (χ0v) is 37.2. The van der Waals surface area contributed by atoms with Gasteiger partial charge in [0.05, 0.1) is 27.7 Å². The molecule has 10 heteroatoms. The van der Waals surface area contributed by atoms with Crippen LogP contribution in [0, 0.1) is 0 Å². The standard InChI is InChI=1S/C46H82NO8P/c1-6-8-10-12-14-16-18-20-22-23-25-27-29-31-33-35-37-39-46(49)55-44(43-54-56(50,51)53-41-40-47(3,4)5)42-52-45(48)38-36-34-32-30-28-26-24-21-19-17-15-13-11-9-7-2/h20,22,25,27,31-34,36,38,44H,6-19,21,23-24,26,28-30,35,37,39-43H2,1-5H3/b22-20+,27-25+,33-31+,34-32+,38-36+/t44-/m1/s1. The molecule has 9 nitrogen and oxygen atoms in total. The second-order valence-electron chi connectivity index (χ2n) is 15.8. The predicted molar refractivity (Wildman–Crippen MR) is 231 cm³/mol. The number of allylic oxidation sites excluding steroid dienone is 9. The van der Waals surface area contributed by atoms with Crippen molar-refractivity contribution in [3.8, 4) is 0 Å². The van der Waals surface area contributed by atoms with E-state index in [1.807, 2.05) is 39.4 Å². The summed E-state index contributed by atoms with van der Waals surface area (Å²) < 4.78 is 33.6. The van der Waals surface area contributed by atoms with Crippen LogP contribution >= 0.6 is 7.82 Å². The zero-order chi connectivity index (χ0) is 41.4. The summed E-state index contributed by atoms with van der Waals surface area (Å²) in [4.78, 5) is 37.3. The quantitative estimate of drug-likeness (QED) is 0.0115. The number of ether oxygens (including phenoxy) is 2. The Balaban J connectivity index is 4.56. The monoisotopic (exact) mass is 808 g/mol. The molecule has 0 heterocycles. The fourth-order valence-corrected chi connectivity index (χ4v) is 6.37. The highest BCUT2D eigenvalue weighted by Gasteiger charge is 2.21. The van der Waals surface area contributed by atoms with Gasteiger partial charge in [0.2, 0.25) is 0 Å². The van der Waals surface area contributed by atoms with Crippen molar-refractivity contribution in [2.75, 3.05) is 47.5 Å². The van der Waals surface area contributed by atoms with Crippen LogP contribution in [0.3, 0.4) is 0 Å². The second kappa shape index (κ2) is 38.2. The van der Waals surface area contributed by atoms with E-state index >= 15 is 0 Å². The summed E-state index contributed by atoms with van der Waals surface area (Å²) in [6.45, 7) is 4.02. The number of phosphoric ester groups is 1. The van der Waals surface area contributed by atoms with Gasteiger partial charge in [0.25, 0.3) is 7.82 Å². The van der Waals surface area contributed by atoms with Crippen molar-refractivity contribution in [2.45, 2.75) is 174 Å². The minimum atomic E-state index is -4.66. The van der Waals surface area contributed by atoms with Gasteiger partial charge in [-0.25, -0.2) is 4.79 Å². The molecule has 0 saturated carbocycles. The zero-order valence-electron chi connectivity index (χ0n) is 36.3. The van der Waals surface area contributed by atoms with Crippen molar-refractivity contribution in [3.05, 3.63) is 60.8 Å². The first kappa shape index (κ1) is 53.7. The molecule has 0 aromatic carbocycles. The molecular weight excluding hydrogens is 725 g/mol. The normalized spacial score (nSPS) is 14.2. The van der Waals surface area contributed by atoms with E-state index in [2.05, 4.69) is 44.2 Å². The number of carbonyl (C=O) groups excluding carboxylic acids is 2. The summed E-state index contributed by atoms with van der Waals surface area (Å²) in [5, 5.41) is 0. The Labute approximate surface area is 343 Å². The molecule has 0 radical (unpaired) electrons. The Morgan fingerprint density at radius 3 is 1.62 bits per heavy atom. The first-order valence-electron chi connectivity index (χ1n) is 22.0. The number of unbranched alkanes of at least 4 members (excludes halogenated alkanes) is 18. The number of rotatable bonds is 39. The van der Waals surface area contributed by atoms with Crippen LogP contribution < -0.4 is 4.89 Å². The number of phosphoric acid groups is 1. The Bertz CT molecular complexity index is 1140. The first-order chi connectivity index (χ1) is 27.0. The molecule has 56 heavy (non-hydrogen) atoms. The van der Waals surface area contributed by atoms with Crippen LogP contribution in [0.15, 0.2) is 60.8 Å².